The second kappa shape index (κ2) is 2.74. The molecule has 1 aromatic carbocycles. The number of fused-ring (bicyclic) bond motifs is 1. The lowest BCUT2D eigenvalue weighted by atomic mass is 10.1. The topological polar surface area (TPSA) is 0 Å². The molecule has 0 nitrogen and oxygen atoms in total. The monoisotopic (exact) mass is 162 g/mol. The van der Waals surface area contributed by atoms with Crippen molar-refractivity contribution in [3.8, 4) is 0 Å². The van der Waals surface area contributed by atoms with Gasteiger partial charge in [-0.1, -0.05) is 35.5 Å². The Balaban J connectivity index is 2.42. The van der Waals surface area contributed by atoms with E-state index in [1.54, 1.807) is 0 Å². The van der Waals surface area contributed by atoms with E-state index >= 15 is 0 Å². The molecule has 1 heteroatoms. The van der Waals surface area contributed by atoms with Gasteiger partial charge in [0, 0.05) is 4.90 Å². The highest BCUT2D eigenvalue weighted by Gasteiger charge is 2.06. The zero-order chi connectivity index (χ0) is 7.68. The SMILES string of the molecule is CC1=CSc2ccccc2C1. The largest absolute Gasteiger partial charge is 0.0978 e. The molecule has 0 N–H and O–H groups in total. The molecule has 56 valence electrons. The number of allylic oxidation sites excluding steroid dienone is 1. The number of thioether (sulfide) groups is 1. The van der Waals surface area contributed by atoms with Crippen LogP contribution in [0, 0.1) is 0 Å². The van der Waals surface area contributed by atoms with Crippen molar-refractivity contribution in [3.05, 3.63) is 40.8 Å². The fraction of sp³-hybridized carbons (Fsp3) is 0.200. The minimum absolute atomic E-state index is 1.13. The molecule has 11 heavy (non-hydrogen) atoms. The molecule has 1 aliphatic heterocycles. The molecular weight excluding hydrogens is 152 g/mol. The molecular formula is C10H10S. The predicted octanol–water partition coefficient (Wildman–Crippen LogP) is 3.24. The van der Waals surface area contributed by atoms with Gasteiger partial charge in [-0.2, -0.15) is 0 Å². The second-order valence-corrected chi connectivity index (χ2v) is 3.78. The zero-order valence-corrected chi connectivity index (χ0v) is 7.32. The number of hydrogen-bond acceptors (Lipinski definition) is 1. The molecule has 0 atom stereocenters. The smallest absolute Gasteiger partial charge is 0.0151 e. The van der Waals surface area contributed by atoms with Crippen LogP contribution in [0.1, 0.15) is 12.5 Å². The van der Waals surface area contributed by atoms with Gasteiger partial charge >= 0.3 is 0 Å². The Morgan fingerprint density at radius 1 is 1.27 bits per heavy atom. The van der Waals surface area contributed by atoms with E-state index in [4.69, 9.17) is 0 Å². The maximum Gasteiger partial charge on any atom is 0.0151 e. The van der Waals surface area contributed by atoms with Crippen LogP contribution in [-0.2, 0) is 6.42 Å². The lowest BCUT2D eigenvalue weighted by Crippen LogP contribution is -1.93. The zero-order valence-electron chi connectivity index (χ0n) is 6.50. The van der Waals surface area contributed by atoms with Crippen molar-refractivity contribution in [1.82, 2.24) is 0 Å². The minimum atomic E-state index is 1.13. The quantitative estimate of drug-likeness (QED) is 0.564. The molecule has 0 aliphatic carbocycles. The molecule has 1 heterocycles. The molecule has 1 aromatic rings. The van der Waals surface area contributed by atoms with Crippen molar-refractivity contribution in [2.75, 3.05) is 0 Å². The van der Waals surface area contributed by atoms with E-state index in [-0.39, 0.29) is 0 Å². The summed E-state index contributed by atoms with van der Waals surface area (Å²) < 4.78 is 0. The summed E-state index contributed by atoms with van der Waals surface area (Å²) in [6.45, 7) is 2.18. The molecule has 0 saturated carbocycles. The van der Waals surface area contributed by atoms with Crippen molar-refractivity contribution in [2.24, 2.45) is 0 Å². The first-order valence-electron chi connectivity index (χ1n) is 3.76. The molecule has 1 aliphatic rings. The van der Waals surface area contributed by atoms with Crippen LogP contribution in [0.4, 0.5) is 0 Å². The van der Waals surface area contributed by atoms with E-state index in [2.05, 4.69) is 36.6 Å². The van der Waals surface area contributed by atoms with Crippen LogP contribution in [0.25, 0.3) is 0 Å². The fourth-order valence-corrected chi connectivity index (χ4v) is 2.13. The van der Waals surface area contributed by atoms with Gasteiger partial charge in [0.25, 0.3) is 0 Å². The Morgan fingerprint density at radius 2 is 2.09 bits per heavy atom. The highest BCUT2D eigenvalue weighted by Crippen LogP contribution is 2.31. The molecule has 0 fully saturated rings. The molecule has 0 spiro atoms. The van der Waals surface area contributed by atoms with Gasteiger partial charge in [0.05, 0.1) is 0 Å². The second-order valence-electron chi connectivity index (χ2n) is 2.87. The molecule has 0 radical (unpaired) electrons. The van der Waals surface area contributed by atoms with Gasteiger partial charge < -0.3 is 0 Å². The van der Waals surface area contributed by atoms with Gasteiger partial charge in [0.15, 0.2) is 0 Å². The molecule has 0 saturated heterocycles. The van der Waals surface area contributed by atoms with Crippen molar-refractivity contribution < 1.29 is 0 Å². The van der Waals surface area contributed by atoms with Gasteiger partial charge in [0.2, 0.25) is 0 Å². The van der Waals surface area contributed by atoms with Crippen LogP contribution in [0.5, 0.6) is 0 Å². The average Bonchev–Trinajstić information content (AvgIpc) is 2.04. The lowest BCUT2D eigenvalue weighted by molar-refractivity contribution is 1.09. The third-order valence-corrected chi connectivity index (χ3v) is 3.00. The summed E-state index contributed by atoms with van der Waals surface area (Å²) in [6.07, 6.45) is 1.13. The van der Waals surface area contributed by atoms with Gasteiger partial charge in [0.1, 0.15) is 0 Å². The van der Waals surface area contributed by atoms with E-state index in [9.17, 15) is 0 Å². The first-order valence-corrected chi connectivity index (χ1v) is 4.64. The first kappa shape index (κ1) is 6.99. The third-order valence-electron chi connectivity index (χ3n) is 1.83. The molecule has 2 rings (SSSR count). The van der Waals surface area contributed by atoms with Crippen LogP contribution in [0.2, 0.25) is 0 Å². The van der Waals surface area contributed by atoms with Crippen molar-refractivity contribution in [2.45, 2.75) is 18.2 Å². The van der Waals surface area contributed by atoms with Crippen molar-refractivity contribution >= 4 is 11.8 Å². The standard InChI is InChI=1S/C10H10S/c1-8-6-9-4-2-3-5-10(9)11-7-8/h2-5,7H,6H2,1H3. The summed E-state index contributed by atoms with van der Waals surface area (Å²) in [6, 6.07) is 8.60. The summed E-state index contributed by atoms with van der Waals surface area (Å²) >= 11 is 1.83. The summed E-state index contributed by atoms with van der Waals surface area (Å²) in [5.41, 5.74) is 2.94. The van der Waals surface area contributed by atoms with Gasteiger partial charge in [-0.25, -0.2) is 0 Å². The minimum Gasteiger partial charge on any atom is -0.0978 e. The van der Waals surface area contributed by atoms with E-state index in [1.165, 1.54) is 16.0 Å². The normalized spacial score (nSPS) is 15.5. The molecule has 0 aromatic heterocycles. The van der Waals surface area contributed by atoms with E-state index in [0.29, 0.717) is 0 Å². The fourth-order valence-electron chi connectivity index (χ4n) is 1.27. The van der Waals surface area contributed by atoms with Gasteiger partial charge in [-0.15, -0.1) is 0 Å². The van der Waals surface area contributed by atoms with Crippen LogP contribution >= 0.6 is 11.8 Å². The highest BCUT2D eigenvalue weighted by molar-refractivity contribution is 8.02. The Bertz CT molecular complexity index is 299. The Morgan fingerprint density at radius 3 is 3.00 bits per heavy atom. The van der Waals surface area contributed by atoms with Gasteiger partial charge in [-0.3, -0.25) is 0 Å². The average molecular weight is 162 g/mol. The summed E-state index contributed by atoms with van der Waals surface area (Å²) in [5.74, 6) is 0. The summed E-state index contributed by atoms with van der Waals surface area (Å²) in [5, 5.41) is 2.24. The predicted molar refractivity (Wildman–Crippen MR) is 49.8 cm³/mol. The maximum absolute atomic E-state index is 2.24. The van der Waals surface area contributed by atoms with Crippen LogP contribution in [0.3, 0.4) is 0 Å². The number of hydrogen-bond donors (Lipinski definition) is 0. The highest BCUT2D eigenvalue weighted by atomic mass is 32.2. The van der Waals surface area contributed by atoms with E-state index in [0.717, 1.165) is 6.42 Å². The Kier molecular flexibility index (Phi) is 1.74. The van der Waals surface area contributed by atoms with Crippen molar-refractivity contribution in [3.63, 3.8) is 0 Å². The Hall–Kier alpha value is -0.690. The van der Waals surface area contributed by atoms with Gasteiger partial charge in [-0.05, 0) is 30.4 Å². The molecule has 0 unspecified atom stereocenters. The first-order chi connectivity index (χ1) is 5.36. The van der Waals surface area contributed by atoms with Crippen LogP contribution in [-0.4, -0.2) is 0 Å². The van der Waals surface area contributed by atoms with Crippen LogP contribution < -0.4 is 0 Å². The maximum atomic E-state index is 2.24. The van der Waals surface area contributed by atoms with E-state index < -0.39 is 0 Å². The molecule has 0 bridgehead atoms. The number of rotatable bonds is 0. The lowest BCUT2D eigenvalue weighted by Gasteiger charge is -2.12. The van der Waals surface area contributed by atoms with Crippen molar-refractivity contribution in [1.29, 1.82) is 0 Å². The van der Waals surface area contributed by atoms with E-state index in [1.807, 2.05) is 11.8 Å². The molecule has 0 amide bonds. The Labute approximate surface area is 71.3 Å². The summed E-state index contributed by atoms with van der Waals surface area (Å²) in [4.78, 5) is 1.41. The summed E-state index contributed by atoms with van der Waals surface area (Å²) in [7, 11) is 0. The number of benzene rings is 1. The third kappa shape index (κ3) is 1.33. The van der Waals surface area contributed by atoms with Crippen LogP contribution in [0.15, 0.2) is 40.1 Å².